The van der Waals surface area contributed by atoms with E-state index in [1.165, 1.54) is 4.31 Å². The highest BCUT2D eigenvalue weighted by atomic mass is 32.2. The Hall–Kier alpha value is -0.170. The van der Waals surface area contributed by atoms with Crippen LogP contribution in [-0.2, 0) is 10.2 Å². The zero-order valence-electron chi connectivity index (χ0n) is 9.87. The molecule has 6 heteroatoms. The summed E-state index contributed by atoms with van der Waals surface area (Å²) in [7, 11) is -1.40. The summed E-state index contributed by atoms with van der Waals surface area (Å²) in [6.07, 6.45) is 0. The number of nitrogens with zero attached hydrogens (tertiary/aromatic N) is 1. The molecule has 0 amide bonds. The minimum Gasteiger partial charge on any atom is -0.319 e. The molecule has 0 bridgehead atoms. The van der Waals surface area contributed by atoms with Crippen molar-refractivity contribution < 1.29 is 8.42 Å². The second kappa shape index (κ2) is 4.37. The van der Waals surface area contributed by atoms with E-state index in [2.05, 4.69) is 10.0 Å². The fraction of sp³-hybridized carbons (Fsp3) is 1.00. The summed E-state index contributed by atoms with van der Waals surface area (Å²) in [6, 6.07) is 0. The van der Waals surface area contributed by atoms with Gasteiger partial charge in [-0.05, 0) is 33.7 Å². The van der Waals surface area contributed by atoms with Crippen molar-refractivity contribution in [3.8, 4) is 0 Å². The average molecular weight is 235 g/mol. The van der Waals surface area contributed by atoms with E-state index in [1.807, 2.05) is 27.8 Å². The summed E-state index contributed by atoms with van der Waals surface area (Å²) in [6.45, 7) is 7.67. The normalized spacial score (nSPS) is 27.9. The minimum absolute atomic E-state index is 0.331. The van der Waals surface area contributed by atoms with Crippen molar-refractivity contribution in [3.05, 3.63) is 0 Å². The van der Waals surface area contributed by atoms with Gasteiger partial charge in [0.2, 0.25) is 0 Å². The average Bonchev–Trinajstić information content (AvgIpc) is 2.06. The van der Waals surface area contributed by atoms with Crippen LogP contribution in [0.4, 0.5) is 0 Å². The number of rotatable bonds is 2. The van der Waals surface area contributed by atoms with Gasteiger partial charge in [0.1, 0.15) is 0 Å². The molecule has 0 aromatic rings. The zero-order valence-corrected chi connectivity index (χ0v) is 10.7. The van der Waals surface area contributed by atoms with Crippen molar-refractivity contribution in [3.63, 3.8) is 0 Å². The molecule has 2 N–H and O–H groups in total. The molecule has 0 spiro atoms. The fourth-order valence-electron chi connectivity index (χ4n) is 1.76. The van der Waals surface area contributed by atoms with Gasteiger partial charge in [-0.15, -0.1) is 0 Å². The van der Waals surface area contributed by atoms with E-state index >= 15 is 0 Å². The molecule has 1 atom stereocenters. The molecule has 0 aromatic heterocycles. The summed E-state index contributed by atoms with van der Waals surface area (Å²) >= 11 is 0. The molecule has 0 aliphatic carbocycles. The van der Waals surface area contributed by atoms with Crippen LogP contribution in [0.5, 0.6) is 0 Å². The van der Waals surface area contributed by atoms with Gasteiger partial charge in [0.25, 0.3) is 10.2 Å². The summed E-state index contributed by atoms with van der Waals surface area (Å²) in [5.41, 5.74) is -0.363. The molecule has 15 heavy (non-hydrogen) atoms. The first kappa shape index (κ1) is 12.9. The van der Waals surface area contributed by atoms with Gasteiger partial charge in [-0.1, -0.05) is 0 Å². The van der Waals surface area contributed by atoms with Crippen LogP contribution < -0.4 is 10.0 Å². The van der Waals surface area contributed by atoms with Crippen molar-refractivity contribution in [1.82, 2.24) is 14.3 Å². The molecule has 1 unspecified atom stereocenters. The smallest absolute Gasteiger partial charge is 0.279 e. The monoisotopic (exact) mass is 235 g/mol. The van der Waals surface area contributed by atoms with E-state index < -0.39 is 10.2 Å². The van der Waals surface area contributed by atoms with E-state index in [0.29, 0.717) is 19.0 Å². The lowest BCUT2D eigenvalue weighted by Crippen LogP contribution is -2.59. The zero-order chi connectivity index (χ0) is 11.7. The van der Waals surface area contributed by atoms with Gasteiger partial charge in [-0.25, -0.2) is 4.72 Å². The third kappa shape index (κ3) is 3.14. The molecule has 1 aliphatic rings. The lowest BCUT2D eigenvalue weighted by molar-refractivity contribution is 0.197. The molecule has 1 fully saturated rings. The van der Waals surface area contributed by atoms with Gasteiger partial charge in [-0.3, -0.25) is 0 Å². The van der Waals surface area contributed by atoms with Gasteiger partial charge in [-0.2, -0.15) is 12.7 Å². The molecule has 5 nitrogen and oxygen atoms in total. The van der Waals surface area contributed by atoms with Crippen LogP contribution in [0.1, 0.15) is 20.8 Å². The van der Waals surface area contributed by atoms with Crippen LogP contribution in [-0.4, -0.2) is 44.9 Å². The molecule has 1 rings (SSSR count). The highest BCUT2D eigenvalue weighted by Gasteiger charge is 2.37. The van der Waals surface area contributed by atoms with Gasteiger partial charge < -0.3 is 5.32 Å². The van der Waals surface area contributed by atoms with Crippen LogP contribution in [0.3, 0.4) is 0 Å². The second-order valence-corrected chi connectivity index (χ2v) is 6.66. The Morgan fingerprint density at radius 3 is 2.53 bits per heavy atom. The second-order valence-electron chi connectivity index (χ2n) is 4.98. The van der Waals surface area contributed by atoms with Crippen LogP contribution in [0.15, 0.2) is 0 Å². The molecule has 1 heterocycles. The number of hydrogen-bond donors (Lipinski definition) is 2. The van der Waals surface area contributed by atoms with Crippen molar-refractivity contribution in [2.24, 2.45) is 5.92 Å². The highest BCUT2D eigenvalue weighted by Crippen LogP contribution is 2.21. The lowest BCUT2D eigenvalue weighted by Gasteiger charge is -2.40. The molecule has 90 valence electrons. The van der Waals surface area contributed by atoms with Crippen LogP contribution in [0.2, 0.25) is 0 Å². The third-order valence-electron chi connectivity index (χ3n) is 2.51. The summed E-state index contributed by atoms with van der Waals surface area (Å²) in [5.74, 6) is 0.331. The Balaban J connectivity index is 2.80. The van der Waals surface area contributed by atoms with Crippen molar-refractivity contribution >= 4 is 10.2 Å². The van der Waals surface area contributed by atoms with Gasteiger partial charge in [0.05, 0.1) is 0 Å². The van der Waals surface area contributed by atoms with E-state index in [1.54, 1.807) is 0 Å². The van der Waals surface area contributed by atoms with E-state index in [0.717, 1.165) is 6.54 Å². The van der Waals surface area contributed by atoms with Crippen molar-refractivity contribution in [1.29, 1.82) is 0 Å². The van der Waals surface area contributed by atoms with E-state index in [4.69, 9.17) is 0 Å². The predicted octanol–water partition coefficient (Wildman–Crippen LogP) is -0.229. The summed E-state index contributed by atoms with van der Waals surface area (Å²) in [5, 5.41) is 3.08. The summed E-state index contributed by atoms with van der Waals surface area (Å²) < 4.78 is 27.7. The highest BCUT2D eigenvalue weighted by molar-refractivity contribution is 7.87. The molecule has 0 radical (unpaired) electrons. The fourth-order valence-corrected chi connectivity index (χ4v) is 3.49. The molecule has 1 saturated heterocycles. The maximum atomic E-state index is 11.8. The SMILES string of the molecule is CNCC1CNS(=O)(=O)N(C(C)(C)C)C1. The van der Waals surface area contributed by atoms with Crippen molar-refractivity contribution in [2.45, 2.75) is 26.3 Å². The quantitative estimate of drug-likeness (QED) is 0.695. The maximum Gasteiger partial charge on any atom is 0.279 e. The van der Waals surface area contributed by atoms with E-state index in [-0.39, 0.29) is 5.54 Å². The molecule has 0 saturated carbocycles. The summed E-state index contributed by atoms with van der Waals surface area (Å²) in [4.78, 5) is 0. The van der Waals surface area contributed by atoms with Crippen LogP contribution in [0, 0.1) is 5.92 Å². The molecule has 1 aliphatic heterocycles. The van der Waals surface area contributed by atoms with Gasteiger partial charge >= 0.3 is 0 Å². The molecule has 0 aromatic carbocycles. The van der Waals surface area contributed by atoms with Crippen LogP contribution in [0.25, 0.3) is 0 Å². The first-order valence-electron chi connectivity index (χ1n) is 5.19. The first-order valence-corrected chi connectivity index (χ1v) is 6.63. The Kier molecular flexibility index (Phi) is 3.76. The Bertz CT molecular complexity index is 308. The van der Waals surface area contributed by atoms with E-state index in [9.17, 15) is 8.42 Å². The van der Waals surface area contributed by atoms with Crippen molar-refractivity contribution in [2.75, 3.05) is 26.7 Å². The first-order chi connectivity index (χ1) is 6.77. The lowest BCUT2D eigenvalue weighted by atomic mass is 10.1. The standard InChI is InChI=1S/C9H21N3O2S/c1-9(2,3)12-7-8(5-10-4)6-11-15(12,13)14/h8,10-11H,5-7H2,1-4H3. The molecular weight excluding hydrogens is 214 g/mol. The topological polar surface area (TPSA) is 61.4 Å². The van der Waals surface area contributed by atoms with Gasteiger partial charge in [0.15, 0.2) is 0 Å². The Morgan fingerprint density at radius 1 is 1.47 bits per heavy atom. The molecular formula is C9H21N3O2S. The largest absolute Gasteiger partial charge is 0.319 e. The Morgan fingerprint density at radius 2 is 2.07 bits per heavy atom. The van der Waals surface area contributed by atoms with Gasteiger partial charge in [0, 0.05) is 25.2 Å². The minimum atomic E-state index is -3.28. The Labute approximate surface area is 92.4 Å². The van der Waals surface area contributed by atoms with Crippen LogP contribution >= 0.6 is 0 Å². The predicted molar refractivity (Wildman–Crippen MR) is 60.8 cm³/mol. The third-order valence-corrected chi connectivity index (χ3v) is 4.32. The number of nitrogens with one attached hydrogen (secondary N) is 2. The maximum absolute atomic E-state index is 11.8. The number of hydrogen-bond acceptors (Lipinski definition) is 3.